The summed E-state index contributed by atoms with van der Waals surface area (Å²) in [5.74, 6) is -0.314. The van der Waals surface area contributed by atoms with Crippen molar-refractivity contribution < 1.29 is 9.53 Å². The van der Waals surface area contributed by atoms with Crippen LogP contribution in [0.15, 0.2) is 43.0 Å². The summed E-state index contributed by atoms with van der Waals surface area (Å²) in [6.45, 7) is 8.69. The largest absolute Gasteiger partial charge is 0.462 e. The molecule has 2 rings (SSSR count). The third kappa shape index (κ3) is 4.69. The molecule has 0 radical (unpaired) electrons. The second-order valence-electron chi connectivity index (χ2n) is 5.92. The van der Waals surface area contributed by atoms with Crippen molar-refractivity contribution in [1.29, 1.82) is 0 Å². The van der Waals surface area contributed by atoms with Crippen LogP contribution in [0.25, 0.3) is 16.3 Å². The summed E-state index contributed by atoms with van der Waals surface area (Å²) in [6, 6.07) is 12.4. The molecule has 0 aliphatic heterocycles. The molecule has 122 valence electrons. The van der Waals surface area contributed by atoms with Gasteiger partial charge in [0.25, 0.3) is 0 Å². The molecule has 0 N–H and O–H groups in total. The molecule has 0 spiro atoms. The number of fused-ring (bicyclic) bond motifs is 1. The highest BCUT2D eigenvalue weighted by Gasteiger charge is 2.11. The van der Waals surface area contributed by atoms with Gasteiger partial charge in [-0.2, -0.15) is 0 Å². The second-order valence-corrected chi connectivity index (χ2v) is 5.92. The summed E-state index contributed by atoms with van der Waals surface area (Å²) in [5, 5.41) is 2.31. The van der Waals surface area contributed by atoms with E-state index < -0.39 is 0 Å². The Morgan fingerprint density at radius 3 is 2.48 bits per heavy atom. The van der Waals surface area contributed by atoms with Gasteiger partial charge in [-0.1, -0.05) is 70.0 Å². The first-order chi connectivity index (χ1) is 11.2. The van der Waals surface area contributed by atoms with Crippen molar-refractivity contribution in [2.45, 2.75) is 46.0 Å². The number of carbonyl (C=O) groups is 1. The lowest BCUT2D eigenvalue weighted by atomic mass is 10.0. The average molecular weight is 310 g/mol. The fourth-order valence-electron chi connectivity index (χ4n) is 2.60. The molecule has 0 amide bonds. The van der Waals surface area contributed by atoms with Gasteiger partial charge in [0.1, 0.15) is 0 Å². The maximum Gasteiger partial charge on any atom is 0.338 e. The maximum absolute atomic E-state index is 12.1. The first kappa shape index (κ1) is 17.3. The van der Waals surface area contributed by atoms with Gasteiger partial charge in [-0.05, 0) is 40.8 Å². The highest BCUT2D eigenvalue weighted by atomic mass is 16.5. The fraction of sp³-hybridized carbons (Fsp3) is 0.381. The van der Waals surface area contributed by atoms with Crippen molar-refractivity contribution in [3.05, 3.63) is 54.1 Å². The molecule has 23 heavy (non-hydrogen) atoms. The Morgan fingerprint density at radius 2 is 1.74 bits per heavy atom. The minimum absolute atomic E-state index is 0.314. The maximum atomic E-state index is 12.1. The monoisotopic (exact) mass is 310 g/mol. The van der Waals surface area contributed by atoms with Gasteiger partial charge in [-0.25, -0.2) is 4.79 Å². The second kappa shape index (κ2) is 8.52. The van der Waals surface area contributed by atoms with Crippen molar-refractivity contribution >= 4 is 22.3 Å². The molecule has 0 aliphatic carbocycles. The van der Waals surface area contributed by atoms with Crippen LogP contribution in [-0.4, -0.2) is 12.6 Å². The smallest absolute Gasteiger partial charge is 0.338 e. The third-order valence-electron chi connectivity index (χ3n) is 4.14. The van der Waals surface area contributed by atoms with Crippen molar-refractivity contribution in [2.75, 3.05) is 6.61 Å². The van der Waals surface area contributed by atoms with Crippen molar-refractivity contribution in [1.82, 2.24) is 0 Å². The molecule has 0 aromatic heterocycles. The van der Waals surface area contributed by atoms with Gasteiger partial charge in [0, 0.05) is 0 Å². The lowest BCUT2D eigenvalue weighted by molar-refractivity contribution is -0.136. The number of hydrogen-bond acceptors (Lipinski definition) is 2. The summed E-state index contributed by atoms with van der Waals surface area (Å²) in [7, 11) is 0. The van der Waals surface area contributed by atoms with Gasteiger partial charge in [0.2, 0.25) is 0 Å². The Balaban J connectivity index is 2.01. The highest BCUT2D eigenvalue weighted by Crippen LogP contribution is 2.22. The Hall–Kier alpha value is -2.09. The molecule has 0 bridgehead atoms. The number of hydrogen-bond donors (Lipinski definition) is 0. The van der Waals surface area contributed by atoms with Gasteiger partial charge in [0.05, 0.1) is 12.2 Å². The number of rotatable bonds is 8. The minimum Gasteiger partial charge on any atom is -0.462 e. The van der Waals surface area contributed by atoms with Crippen molar-refractivity contribution in [3.8, 4) is 0 Å². The average Bonchev–Trinajstić information content (AvgIpc) is 2.59. The number of ether oxygens (including phenoxy) is 1. The minimum atomic E-state index is -0.314. The van der Waals surface area contributed by atoms with E-state index in [4.69, 9.17) is 4.74 Å². The molecule has 0 aliphatic rings. The Bertz CT molecular complexity index is 685. The molecule has 0 saturated heterocycles. The van der Waals surface area contributed by atoms with E-state index in [9.17, 15) is 4.79 Å². The van der Waals surface area contributed by atoms with Gasteiger partial charge < -0.3 is 4.74 Å². The SMILES string of the molecule is C=C(C(=O)OCCCCCC)c1ccc2cc(CC)ccc2c1. The van der Waals surface area contributed by atoms with E-state index >= 15 is 0 Å². The predicted molar refractivity (Wildman–Crippen MR) is 97.5 cm³/mol. The molecule has 0 atom stereocenters. The van der Waals surface area contributed by atoms with Crippen LogP contribution in [0, 0.1) is 0 Å². The van der Waals surface area contributed by atoms with Crippen molar-refractivity contribution in [2.24, 2.45) is 0 Å². The molecule has 2 aromatic carbocycles. The van der Waals surface area contributed by atoms with E-state index in [2.05, 4.69) is 38.6 Å². The molecule has 2 aromatic rings. The fourth-order valence-corrected chi connectivity index (χ4v) is 2.60. The van der Waals surface area contributed by atoms with Crippen LogP contribution in [0.4, 0.5) is 0 Å². The topological polar surface area (TPSA) is 26.3 Å². The first-order valence-corrected chi connectivity index (χ1v) is 8.54. The third-order valence-corrected chi connectivity index (χ3v) is 4.14. The van der Waals surface area contributed by atoms with E-state index in [-0.39, 0.29) is 5.97 Å². The number of esters is 1. The zero-order valence-corrected chi connectivity index (χ0v) is 14.2. The van der Waals surface area contributed by atoms with Gasteiger partial charge in [-0.15, -0.1) is 0 Å². The summed E-state index contributed by atoms with van der Waals surface area (Å²) in [6.07, 6.45) is 5.41. The molecule has 0 fully saturated rings. The van der Waals surface area contributed by atoms with E-state index in [0.717, 1.165) is 30.2 Å². The summed E-state index contributed by atoms with van der Waals surface area (Å²) in [5.41, 5.74) is 2.58. The van der Waals surface area contributed by atoms with Gasteiger partial charge in [0.15, 0.2) is 0 Å². The number of aryl methyl sites for hydroxylation is 1. The first-order valence-electron chi connectivity index (χ1n) is 8.54. The number of carbonyl (C=O) groups excluding carboxylic acids is 1. The molecule has 2 heteroatoms. The molecule has 0 unspecified atom stereocenters. The highest BCUT2D eigenvalue weighted by molar-refractivity contribution is 6.16. The molecule has 2 nitrogen and oxygen atoms in total. The number of unbranched alkanes of at least 4 members (excludes halogenated alkanes) is 3. The van der Waals surface area contributed by atoms with Crippen LogP contribution in [0.2, 0.25) is 0 Å². The Labute approximate surface area is 139 Å². The number of benzene rings is 2. The summed E-state index contributed by atoms with van der Waals surface area (Å²) >= 11 is 0. The normalized spacial score (nSPS) is 10.7. The molecule has 0 saturated carbocycles. The van der Waals surface area contributed by atoms with Crippen LogP contribution >= 0.6 is 0 Å². The van der Waals surface area contributed by atoms with Gasteiger partial charge in [-0.3, -0.25) is 0 Å². The molecular weight excluding hydrogens is 284 g/mol. The van der Waals surface area contributed by atoms with E-state index in [0.29, 0.717) is 12.2 Å². The molecular formula is C21H26O2. The van der Waals surface area contributed by atoms with Crippen LogP contribution in [0.5, 0.6) is 0 Å². The predicted octanol–water partition coefficient (Wildman–Crippen LogP) is 5.54. The van der Waals surface area contributed by atoms with Gasteiger partial charge >= 0.3 is 5.97 Å². The van der Waals surface area contributed by atoms with E-state index in [1.165, 1.54) is 23.8 Å². The van der Waals surface area contributed by atoms with E-state index in [1.54, 1.807) is 0 Å². The van der Waals surface area contributed by atoms with Crippen LogP contribution in [0.3, 0.4) is 0 Å². The lowest BCUT2D eigenvalue weighted by Crippen LogP contribution is -2.07. The van der Waals surface area contributed by atoms with E-state index in [1.807, 2.05) is 18.2 Å². The van der Waals surface area contributed by atoms with Crippen molar-refractivity contribution in [3.63, 3.8) is 0 Å². The standard InChI is InChI=1S/C21H26O2/c1-4-6-7-8-13-23-21(22)16(3)18-11-12-19-14-17(5-2)9-10-20(19)15-18/h9-12,14-15H,3-8,13H2,1-2H3. The van der Waals surface area contributed by atoms with Crippen LogP contribution in [-0.2, 0) is 16.0 Å². The Kier molecular flexibility index (Phi) is 6.40. The lowest BCUT2D eigenvalue weighted by Gasteiger charge is -2.09. The van der Waals surface area contributed by atoms with Crippen LogP contribution in [0.1, 0.15) is 50.7 Å². The summed E-state index contributed by atoms with van der Waals surface area (Å²) in [4.78, 5) is 12.1. The summed E-state index contributed by atoms with van der Waals surface area (Å²) < 4.78 is 5.31. The Morgan fingerprint density at radius 1 is 1.00 bits per heavy atom. The zero-order valence-electron chi connectivity index (χ0n) is 14.2. The molecule has 0 heterocycles. The quantitative estimate of drug-likeness (QED) is 0.363. The zero-order chi connectivity index (χ0) is 16.7. The van der Waals surface area contributed by atoms with Crippen LogP contribution < -0.4 is 0 Å².